The lowest BCUT2D eigenvalue weighted by molar-refractivity contribution is 0.264. The second kappa shape index (κ2) is 5.62. The monoisotopic (exact) mass is 295 g/mol. The first-order valence-electron chi connectivity index (χ1n) is 6.28. The van der Waals surface area contributed by atoms with Crippen LogP contribution < -0.4 is 4.74 Å². The Hall–Kier alpha value is -1.89. The fourth-order valence-corrected chi connectivity index (χ4v) is 2.94. The van der Waals surface area contributed by atoms with Crippen molar-refractivity contribution in [3.63, 3.8) is 0 Å². The fourth-order valence-electron chi connectivity index (χ4n) is 1.74. The molecule has 7 heteroatoms. The number of rotatable bonds is 5. The summed E-state index contributed by atoms with van der Waals surface area (Å²) in [6.45, 7) is 6.12. The van der Waals surface area contributed by atoms with Gasteiger partial charge in [-0.15, -0.1) is 0 Å². The second-order valence-electron chi connectivity index (χ2n) is 4.77. The third-order valence-corrected chi connectivity index (χ3v) is 4.14. The van der Waals surface area contributed by atoms with Crippen LogP contribution in [0.2, 0.25) is 0 Å². The second-order valence-corrected chi connectivity index (χ2v) is 6.58. The lowest BCUT2D eigenvalue weighted by Crippen LogP contribution is -2.07. The number of nitrogens with zero attached hydrogens (tertiary/aromatic N) is 2. The highest BCUT2D eigenvalue weighted by molar-refractivity contribution is 7.94. The van der Waals surface area contributed by atoms with Crippen LogP contribution in [0.1, 0.15) is 20.8 Å². The predicted molar refractivity (Wildman–Crippen MR) is 76.2 cm³/mol. The number of ether oxygens (including phenoxy) is 1. The van der Waals surface area contributed by atoms with Gasteiger partial charge in [-0.2, -0.15) is 0 Å². The molecule has 0 saturated heterocycles. The molecule has 0 aromatic carbocycles. The highest BCUT2D eigenvalue weighted by atomic mass is 32.2. The van der Waals surface area contributed by atoms with Crippen molar-refractivity contribution in [2.45, 2.75) is 25.7 Å². The van der Waals surface area contributed by atoms with E-state index in [4.69, 9.17) is 4.74 Å². The highest BCUT2D eigenvalue weighted by Crippen LogP contribution is 2.29. The Morgan fingerprint density at radius 3 is 2.80 bits per heavy atom. The molecule has 0 spiro atoms. The van der Waals surface area contributed by atoms with Gasteiger partial charge in [0.15, 0.2) is 0 Å². The number of nitrogens with one attached hydrogen (secondary N) is 1. The van der Waals surface area contributed by atoms with Crippen LogP contribution in [0.25, 0.3) is 11.0 Å². The molecule has 0 aliphatic rings. The smallest absolute Gasteiger partial charge is 0.227 e. The number of sulfone groups is 1. The Kier molecular flexibility index (Phi) is 4.08. The average Bonchev–Trinajstić information content (AvgIpc) is 2.81. The zero-order valence-electron chi connectivity index (χ0n) is 11.6. The minimum absolute atomic E-state index is 0.130. The van der Waals surface area contributed by atoms with Crippen molar-refractivity contribution >= 4 is 20.9 Å². The molecule has 2 rings (SSSR count). The van der Waals surface area contributed by atoms with Crippen molar-refractivity contribution in [1.82, 2.24) is 15.0 Å². The standard InChI is InChI=1S/C13H17N3O3S/c1-4-5-20(17,18)10-6-14-12-11(10)13(16-8-15-12)19-7-9(2)3/h4-6,8-9H,7H2,1-3H3,(H,14,15,16)/b5-4-. The van der Waals surface area contributed by atoms with Gasteiger partial charge < -0.3 is 9.72 Å². The van der Waals surface area contributed by atoms with E-state index in [1.807, 2.05) is 13.8 Å². The first-order chi connectivity index (χ1) is 9.45. The topological polar surface area (TPSA) is 84.9 Å². The summed E-state index contributed by atoms with van der Waals surface area (Å²) < 4.78 is 30.0. The van der Waals surface area contributed by atoms with E-state index in [1.54, 1.807) is 6.92 Å². The summed E-state index contributed by atoms with van der Waals surface area (Å²) in [5, 5.41) is 1.54. The largest absolute Gasteiger partial charge is 0.477 e. The minimum atomic E-state index is -3.53. The van der Waals surface area contributed by atoms with Crippen LogP contribution in [-0.2, 0) is 9.84 Å². The van der Waals surface area contributed by atoms with Gasteiger partial charge in [0.05, 0.1) is 12.0 Å². The quantitative estimate of drug-likeness (QED) is 0.914. The van der Waals surface area contributed by atoms with Crippen molar-refractivity contribution in [2.24, 2.45) is 5.92 Å². The summed E-state index contributed by atoms with van der Waals surface area (Å²) in [5.74, 6) is 0.600. The number of hydrogen-bond donors (Lipinski definition) is 1. The highest BCUT2D eigenvalue weighted by Gasteiger charge is 2.21. The molecule has 0 saturated carbocycles. The van der Waals surface area contributed by atoms with Gasteiger partial charge in [0.25, 0.3) is 0 Å². The normalized spacial score (nSPS) is 12.6. The van der Waals surface area contributed by atoms with E-state index >= 15 is 0 Å². The van der Waals surface area contributed by atoms with Crippen LogP contribution >= 0.6 is 0 Å². The molecule has 0 aliphatic heterocycles. The van der Waals surface area contributed by atoms with E-state index in [2.05, 4.69) is 15.0 Å². The van der Waals surface area contributed by atoms with Crippen LogP contribution in [0.5, 0.6) is 5.88 Å². The van der Waals surface area contributed by atoms with Crippen LogP contribution in [0, 0.1) is 5.92 Å². The Labute approximate surface area is 117 Å². The summed E-state index contributed by atoms with van der Waals surface area (Å²) >= 11 is 0. The van der Waals surface area contributed by atoms with E-state index in [-0.39, 0.29) is 10.8 Å². The van der Waals surface area contributed by atoms with E-state index < -0.39 is 9.84 Å². The van der Waals surface area contributed by atoms with Gasteiger partial charge in [0.1, 0.15) is 16.9 Å². The summed E-state index contributed by atoms with van der Waals surface area (Å²) in [4.78, 5) is 11.0. The van der Waals surface area contributed by atoms with E-state index in [9.17, 15) is 8.42 Å². The van der Waals surface area contributed by atoms with E-state index in [1.165, 1.54) is 18.6 Å². The average molecular weight is 295 g/mol. The Morgan fingerprint density at radius 1 is 1.40 bits per heavy atom. The summed E-state index contributed by atoms with van der Waals surface area (Å²) in [6.07, 6.45) is 4.24. The number of hydrogen-bond acceptors (Lipinski definition) is 5. The number of aromatic nitrogens is 3. The number of fused-ring (bicyclic) bond motifs is 1. The minimum Gasteiger partial charge on any atom is -0.477 e. The summed E-state index contributed by atoms with van der Waals surface area (Å²) in [5.41, 5.74) is 0.446. The molecular formula is C13H17N3O3S. The van der Waals surface area contributed by atoms with Crippen LogP contribution in [0.3, 0.4) is 0 Å². The lowest BCUT2D eigenvalue weighted by Gasteiger charge is -2.08. The third kappa shape index (κ3) is 2.82. The molecule has 0 unspecified atom stereocenters. The van der Waals surface area contributed by atoms with Gasteiger partial charge in [0, 0.05) is 11.6 Å². The summed E-state index contributed by atoms with van der Waals surface area (Å²) in [7, 11) is -3.53. The van der Waals surface area contributed by atoms with Crippen molar-refractivity contribution in [2.75, 3.05) is 6.61 Å². The molecule has 0 bridgehead atoms. The zero-order chi connectivity index (χ0) is 14.8. The number of allylic oxidation sites excluding steroid dienone is 1. The van der Waals surface area contributed by atoms with Crippen molar-refractivity contribution in [3.8, 4) is 5.88 Å². The molecule has 0 atom stereocenters. The van der Waals surface area contributed by atoms with E-state index in [0.717, 1.165) is 5.41 Å². The maximum Gasteiger partial charge on any atom is 0.227 e. The number of H-pyrrole nitrogens is 1. The molecule has 0 radical (unpaired) electrons. The van der Waals surface area contributed by atoms with Crippen LogP contribution in [0.15, 0.2) is 28.9 Å². The Morgan fingerprint density at radius 2 is 2.15 bits per heavy atom. The molecule has 2 aromatic rings. The first-order valence-corrected chi connectivity index (χ1v) is 7.83. The summed E-state index contributed by atoms with van der Waals surface area (Å²) in [6, 6.07) is 0. The third-order valence-electron chi connectivity index (χ3n) is 2.57. The van der Waals surface area contributed by atoms with Gasteiger partial charge in [-0.05, 0) is 12.8 Å². The lowest BCUT2D eigenvalue weighted by atomic mass is 10.2. The SMILES string of the molecule is C/C=C\S(=O)(=O)c1c[nH]c2ncnc(OCC(C)C)c12. The van der Waals surface area contributed by atoms with Crippen LogP contribution in [-0.4, -0.2) is 30.0 Å². The molecule has 0 fully saturated rings. The molecule has 0 amide bonds. The van der Waals surface area contributed by atoms with Gasteiger partial charge in [-0.1, -0.05) is 19.9 Å². The Balaban J connectivity index is 2.58. The molecule has 1 N–H and O–H groups in total. The molecule has 0 aliphatic carbocycles. The maximum absolute atomic E-state index is 12.2. The first kappa shape index (κ1) is 14.5. The molecule has 2 aromatic heterocycles. The molecule has 108 valence electrons. The van der Waals surface area contributed by atoms with Gasteiger partial charge >= 0.3 is 0 Å². The molecular weight excluding hydrogens is 278 g/mol. The van der Waals surface area contributed by atoms with Gasteiger partial charge in [0.2, 0.25) is 15.7 Å². The number of aromatic amines is 1. The molecule has 20 heavy (non-hydrogen) atoms. The van der Waals surface area contributed by atoms with Crippen LogP contribution in [0.4, 0.5) is 0 Å². The van der Waals surface area contributed by atoms with Gasteiger partial charge in [-0.25, -0.2) is 18.4 Å². The van der Waals surface area contributed by atoms with Gasteiger partial charge in [-0.3, -0.25) is 0 Å². The van der Waals surface area contributed by atoms with E-state index in [0.29, 0.717) is 23.6 Å². The maximum atomic E-state index is 12.2. The predicted octanol–water partition coefficient (Wildman–Crippen LogP) is 2.30. The molecule has 2 heterocycles. The Bertz CT molecular complexity index is 732. The van der Waals surface area contributed by atoms with Crippen molar-refractivity contribution < 1.29 is 13.2 Å². The molecule has 6 nitrogen and oxygen atoms in total. The zero-order valence-corrected chi connectivity index (χ0v) is 12.4. The van der Waals surface area contributed by atoms with Crippen molar-refractivity contribution in [3.05, 3.63) is 24.0 Å². The van der Waals surface area contributed by atoms with Crippen molar-refractivity contribution in [1.29, 1.82) is 0 Å². The fraction of sp³-hybridized carbons (Fsp3) is 0.385.